The van der Waals surface area contributed by atoms with Crippen molar-refractivity contribution in [3.8, 4) is 17.2 Å². The fourth-order valence-corrected chi connectivity index (χ4v) is 5.55. The van der Waals surface area contributed by atoms with Crippen molar-refractivity contribution >= 4 is 28.2 Å². The first-order valence-corrected chi connectivity index (χ1v) is 10.0. The molecule has 2 bridgehead atoms. The fourth-order valence-electron chi connectivity index (χ4n) is 4.52. The number of nitriles is 1. The summed E-state index contributed by atoms with van der Waals surface area (Å²) in [6, 6.07) is 10.1. The molecule has 4 atom stereocenters. The number of nitrogens with zero attached hydrogens (tertiary/aromatic N) is 1. The Kier molecular flexibility index (Phi) is 4.56. The maximum Gasteiger partial charge on any atom is 0.307 e. The number of hydrogen-bond acceptors (Lipinski definition) is 4. The van der Waals surface area contributed by atoms with Crippen molar-refractivity contribution in [1.82, 2.24) is 0 Å². The SMILES string of the molecule is Cc1ccc(-c2c(C)sc(NC(=O)[C@H]3[C@@H](C(=O)O)[C@H]4C=C[C@H]3C4)c2C#N)cc1. The summed E-state index contributed by atoms with van der Waals surface area (Å²) >= 11 is 1.36. The van der Waals surface area contributed by atoms with Gasteiger partial charge >= 0.3 is 5.97 Å². The summed E-state index contributed by atoms with van der Waals surface area (Å²) in [5, 5.41) is 22.7. The molecule has 1 fully saturated rings. The van der Waals surface area contributed by atoms with Gasteiger partial charge in [0.2, 0.25) is 5.91 Å². The van der Waals surface area contributed by atoms with Crippen LogP contribution in [-0.4, -0.2) is 17.0 Å². The minimum Gasteiger partial charge on any atom is -0.481 e. The highest BCUT2D eigenvalue weighted by Crippen LogP contribution is 2.49. The van der Waals surface area contributed by atoms with Crippen LogP contribution in [0.15, 0.2) is 36.4 Å². The van der Waals surface area contributed by atoms with Crippen molar-refractivity contribution in [3.05, 3.63) is 52.4 Å². The lowest BCUT2D eigenvalue weighted by Crippen LogP contribution is -2.36. The van der Waals surface area contributed by atoms with Crippen LogP contribution in [0.4, 0.5) is 5.00 Å². The largest absolute Gasteiger partial charge is 0.481 e. The highest BCUT2D eigenvalue weighted by Gasteiger charge is 2.51. The van der Waals surface area contributed by atoms with E-state index >= 15 is 0 Å². The predicted octanol–water partition coefficient (Wildman–Crippen LogP) is 4.37. The molecule has 0 spiro atoms. The van der Waals surface area contributed by atoms with Crippen LogP contribution in [0.5, 0.6) is 0 Å². The number of allylic oxidation sites excluding steroid dienone is 2. The molecule has 6 heteroatoms. The zero-order chi connectivity index (χ0) is 20.0. The number of nitrogens with one attached hydrogen (secondary N) is 1. The third-order valence-electron chi connectivity index (χ3n) is 5.82. The highest BCUT2D eigenvalue weighted by atomic mass is 32.1. The topological polar surface area (TPSA) is 90.2 Å². The number of carbonyl (C=O) groups is 2. The van der Waals surface area contributed by atoms with E-state index in [1.54, 1.807) is 0 Å². The van der Waals surface area contributed by atoms with Crippen LogP contribution in [-0.2, 0) is 9.59 Å². The number of carboxylic acids is 1. The molecule has 2 aliphatic rings. The first-order valence-electron chi connectivity index (χ1n) is 9.23. The van der Waals surface area contributed by atoms with Gasteiger partial charge in [0, 0.05) is 10.4 Å². The summed E-state index contributed by atoms with van der Waals surface area (Å²) in [6.07, 6.45) is 4.58. The Bertz CT molecular complexity index is 1030. The van der Waals surface area contributed by atoms with Gasteiger partial charge in [-0.1, -0.05) is 42.0 Å². The van der Waals surface area contributed by atoms with Crippen LogP contribution >= 0.6 is 11.3 Å². The van der Waals surface area contributed by atoms with Crippen LogP contribution in [0, 0.1) is 48.9 Å². The summed E-state index contributed by atoms with van der Waals surface area (Å²) in [7, 11) is 0. The minimum absolute atomic E-state index is 0.0470. The molecule has 0 saturated heterocycles. The Morgan fingerprint density at radius 1 is 1.14 bits per heavy atom. The average molecular weight is 392 g/mol. The predicted molar refractivity (Wildman–Crippen MR) is 108 cm³/mol. The zero-order valence-electron chi connectivity index (χ0n) is 15.6. The van der Waals surface area contributed by atoms with E-state index in [2.05, 4.69) is 11.4 Å². The van der Waals surface area contributed by atoms with Crippen molar-refractivity contribution in [3.63, 3.8) is 0 Å². The van der Waals surface area contributed by atoms with Gasteiger partial charge in [-0.15, -0.1) is 11.3 Å². The lowest BCUT2D eigenvalue weighted by atomic mass is 9.82. The molecule has 1 heterocycles. The van der Waals surface area contributed by atoms with E-state index in [1.165, 1.54) is 11.3 Å². The number of thiophene rings is 1. The van der Waals surface area contributed by atoms with Gasteiger partial charge in [-0.05, 0) is 37.7 Å². The number of anilines is 1. The molecular formula is C22H20N2O3S. The number of hydrogen-bond donors (Lipinski definition) is 2. The van der Waals surface area contributed by atoms with E-state index < -0.39 is 17.8 Å². The maximum absolute atomic E-state index is 13.0. The Balaban J connectivity index is 1.66. The molecule has 0 aliphatic heterocycles. The molecule has 2 N–H and O–H groups in total. The third kappa shape index (κ3) is 2.92. The van der Waals surface area contributed by atoms with Crippen molar-refractivity contribution in [2.75, 3.05) is 5.32 Å². The van der Waals surface area contributed by atoms with Crippen LogP contribution in [0.2, 0.25) is 0 Å². The van der Waals surface area contributed by atoms with Crippen LogP contribution < -0.4 is 5.32 Å². The normalized spacial score (nSPS) is 24.9. The Morgan fingerprint density at radius 3 is 2.39 bits per heavy atom. The number of rotatable bonds is 4. The molecule has 0 unspecified atom stereocenters. The van der Waals surface area contributed by atoms with Crippen LogP contribution in [0.1, 0.15) is 22.4 Å². The van der Waals surface area contributed by atoms with Gasteiger partial charge in [0.1, 0.15) is 11.1 Å². The molecule has 5 nitrogen and oxygen atoms in total. The molecule has 2 aromatic rings. The first kappa shape index (κ1) is 18.5. The van der Waals surface area contributed by atoms with E-state index in [0.717, 1.165) is 21.6 Å². The number of carbonyl (C=O) groups excluding carboxylic acids is 1. The fraction of sp³-hybridized carbons (Fsp3) is 0.318. The molecule has 142 valence electrons. The van der Waals surface area contributed by atoms with Crippen LogP contribution in [0.25, 0.3) is 11.1 Å². The van der Waals surface area contributed by atoms with E-state index in [9.17, 15) is 20.0 Å². The number of aryl methyl sites for hydroxylation is 2. The average Bonchev–Trinajstić information content (AvgIpc) is 3.35. The number of fused-ring (bicyclic) bond motifs is 2. The molecule has 4 rings (SSSR count). The summed E-state index contributed by atoms with van der Waals surface area (Å²) in [5.41, 5.74) is 3.33. The van der Waals surface area contributed by atoms with E-state index in [0.29, 0.717) is 17.0 Å². The summed E-state index contributed by atoms with van der Waals surface area (Å²) in [4.78, 5) is 25.6. The Hall–Kier alpha value is -2.91. The molecule has 1 aromatic carbocycles. The van der Waals surface area contributed by atoms with Gasteiger partial charge in [0.05, 0.1) is 17.4 Å². The minimum atomic E-state index is -0.930. The molecule has 1 aromatic heterocycles. The van der Waals surface area contributed by atoms with Gasteiger partial charge in [-0.25, -0.2) is 0 Å². The van der Waals surface area contributed by atoms with Gasteiger partial charge in [0.15, 0.2) is 0 Å². The Labute approximate surface area is 167 Å². The number of aliphatic carboxylic acids is 1. The van der Waals surface area contributed by atoms with Gasteiger partial charge in [0.25, 0.3) is 0 Å². The van der Waals surface area contributed by atoms with Crippen molar-refractivity contribution < 1.29 is 14.7 Å². The third-order valence-corrected chi connectivity index (χ3v) is 6.84. The van der Waals surface area contributed by atoms with Gasteiger partial charge in [-0.2, -0.15) is 5.26 Å². The monoisotopic (exact) mass is 392 g/mol. The molecular weight excluding hydrogens is 372 g/mol. The second-order valence-electron chi connectivity index (χ2n) is 7.54. The second-order valence-corrected chi connectivity index (χ2v) is 8.77. The van der Waals surface area contributed by atoms with E-state index in [4.69, 9.17) is 0 Å². The quantitative estimate of drug-likeness (QED) is 0.756. The lowest BCUT2D eigenvalue weighted by Gasteiger charge is -2.23. The maximum atomic E-state index is 13.0. The van der Waals surface area contributed by atoms with Crippen molar-refractivity contribution in [2.24, 2.45) is 23.7 Å². The molecule has 1 saturated carbocycles. The summed E-state index contributed by atoms with van der Waals surface area (Å²) in [5.74, 6) is -2.66. The van der Waals surface area contributed by atoms with Gasteiger partial charge in [-0.3, -0.25) is 9.59 Å². The van der Waals surface area contributed by atoms with Gasteiger partial charge < -0.3 is 10.4 Å². The summed E-state index contributed by atoms with van der Waals surface area (Å²) < 4.78 is 0. The molecule has 1 amide bonds. The van der Waals surface area contributed by atoms with Crippen molar-refractivity contribution in [2.45, 2.75) is 20.3 Å². The van der Waals surface area contributed by atoms with Crippen LogP contribution in [0.3, 0.4) is 0 Å². The lowest BCUT2D eigenvalue weighted by molar-refractivity contribution is -0.146. The van der Waals surface area contributed by atoms with E-state index in [1.807, 2.05) is 50.3 Å². The smallest absolute Gasteiger partial charge is 0.307 e. The number of amides is 1. The zero-order valence-corrected chi connectivity index (χ0v) is 16.4. The molecule has 2 aliphatic carbocycles. The van der Waals surface area contributed by atoms with E-state index in [-0.39, 0.29) is 17.7 Å². The first-order chi connectivity index (χ1) is 13.4. The second kappa shape index (κ2) is 6.92. The number of carboxylic acid groups (broad SMARTS) is 1. The Morgan fingerprint density at radius 2 is 1.79 bits per heavy atom. The molecule has 0 radical (unpaired) electrons. The van der Waals surface area contributed by atoms with Crippen molar-refractivity contribution in [1.29, 1.82) is 5.26 Å². The highest BCUT2D eigenvalue weighted by molar-refractivity contribution is 7.17. The number of benzene rings is 1. The standard InChI is InChI=1S/C22H20N2O3S/c1-11-3-5-13(6-4-11)17-12(2)28-21(16(17)10-23)24-20(25)18-14-7-8-15(9-14)19(18)22(26)27/h3-8,14-15,18-19H,9H2,1-2H3,(H,24,25)(H,26,27)/t14-,15-,18+,19-/m0/s1. The summed E-state index contributed by atoms with van der Waals surface area (Å²) in [6.45, 7) is 3.93. The molecule has 28 heavy (non-hydrogen) atoms.